The lowest BCUT2D eigenvalue weighted by Crippen LogP contribution is -2.37. The van der Waals surface area contributed by atoms with E-state index in [9.17, 15) is 27.9 Å². The van der Waals surface area contributed by atoms with Crippen LogP contribution in [0, 0.1) is 0 Å². The number of carbonyl (C=O) groups excluding carboxylic acids is 2. The average molecular weight is 411 g/mol. The van der Waals surface area contributed by atoms with Gasteiger partial charge in [0.2, 0.25) is 0 Å². The molecule has 0 aliphatic carbocycles. The van der Waals surface area contributed by atoms with Crippen molar-refractivity contribution >= 4 is 23.2 Å². The first-order chi connectivity index (χ1) is 13.5. The SMILES string of the molecule is CN(C)c1ccc([C@H](O)CNC(=O)C(=O)Nc2ccc(OC(F)(F)F)cc2)cc1. The highest BCUT2D eigenvalue weighted by Gasteiger charge is 2.31. The van der Waals surface area contributed by atoms with Gasteiger partial charge in [-0.15, -0.1) is 13.2 Å². The minimum Gasteiger partial charge on any atom is -0.406 e. The van der Waals surface area contributed by atoms with Gasteiger partial charge in [0.25, 0.3) is 0 Å². The Morgan fingerprint density at radius 2 is 1.62 bits per heavy atom. The van der Waals surface area contributed by atoms with Crippen molar-refractivity contribution in [2.45, 2.75) is 12.5 Å². The normalized spacial score (nSPS) is 12.1. The molecule has 7 nitrogen and oxygen atoms in total. The molecule has 0 saturated heterocycles. The molecule has 0 heterocycles. The van der Waals surface area contributed by atoms with Crippen LogP contribution in [-0.2, 0) is 9.59 Å². The summed E-state index contributed by atoms with van der Waals surface area (Å²) in [5, 5.41) is 14.7. The molecule has 0 radical (unpaired) electrons. The summed E-state index contributed by atoms with van der Waals surface area (Å²) in [6.45, 7) is -0.189. The van der Waals surface area contributed by atoms with Crippen LogP contribution in [0.15, 0.2) is 48.5 Å². The van der Waals surface area contributed by atoms with Crippen LogP contribution in [0.1, 0.15) is 11.7 Å². The second-order valence-corrected chi connectivity index (χ2v) is 6.24. The molecule has 156 valence electrons. The smallest absolute Gasteiger partial charge is 0.406 e. The van der Waals surface area contributed by atoms with Crippen LogP contribution in [0.25, 0.3) is 0 Å². The molecule has 0 aliphatic heterocycles. The molecule has 0 saturated carbocycles. The van der Waals surface area contributed by atoms with Crippen molar-refractivity contribution in [3.05, 3.63) is 54.1 Å². The summed E-state index contributed by atoms with van der Waals surface area (Å²) in [6.07, 6.45) is -5.83. The number of nitrogens with one attached hydrogen (secondary N) is 2. The van der Waals surface area contributed by atoms with Gasteiger partial charge in [-0.05, 0) is 42.0 Å². The predicted molar refractivity (Wildman–Crippen MR) is 100 cm³/mol. The molecule has 2 rings (SSSR count). The van der Waals surface area contributed by atoms with Crippen LogP contribution in [0.2, 0.25) is 0 Å². The van der Waals surface area contributed by atoms with E-state index in [4.69, 9.17) is 0 Å². The van der Waals surface area contributed by atoms with Gasteiger partial charge in [0.05, 0.1) is 6.10 Å². The number of aliphatic hydroxyl groups excluding tert-OH is 1. The van der Waals surface area contributed by atoms with Gasteiger partial charge in [-0.2, -0.15) is 0 Å². The van der Waals surface area contributed by atoms with Crippen molar-refractivity contribution in [1.82, 2.24) is 5.32 Å². The number of alkyl halides is 3. The molecule has 2 aromatic rings. The largest absolute Gasteiger partial charge is 0.573 e. The zero-order chi connectivity index (χ0) is 21.6. The van der Waals surface area contributed by atoms with E-state index in [1.165, 1.54) is 0 Å². The maximum atomic E-state index is 12.1. The maximum absolute atomic E-state index is 12.1. The summed E-state index contributed by atoms with van der Waals surface area (Å²) < 4.78 is 40.1. The van der Waals surface area contributed by atoms with E-state index in [0.29, 0.717) is 5.56 Å². The Morgan fingerprint density at radius 3 is 2.14 bits per heavy atom. The van der Waals surface area contributed by atoms with Gasteiger partial charge in [0.15, 0.2) is 0 Å². The lowest BCUT2D eigenvalue weighted by molar-refractivity contribution is -0.274. The van der Waals surface area contributed by atoms with Gasteiger partial charge in [0.1, 0.15) is 5.75 Å². The summed E-state index contributed by atoms with van der Waals surface area (Å²) in [4.78, 5) is 25.6. The Morgan fingerprint density at radius 1 is 1.03 bits per heavy atom. The highest BCUT2D eigenvalue weighted by Crippen LogP contribution is 2.24. The molecule has 29 heavy (non-hydrogen) atoms. The van der Waals surface area contributed by atoms with E-state index >= 15 is 0 Å². The first-order valence-electron chi connectivity index (χ1n) is 8.45. The summed E-state index contributed by atoms with van der Waals surface area (Å²) >= 11 is 0. The van der Waals surface area contributed by atoms with Crippen molar-refractivity contribution in [3.8, 4) is 5.75 Å². The fraction of sp³-hybridized carbons (Fsp3) is 0.263. The number of amides is 2. The monoisotopic (exact) mass is 411 g/mol. The lowest BCUT2D eigenvalue weighted by Gasteiger charge is -2.15. The number of ether oxygens (including phenoxy) is 1. The second kappa shape index (κ2) is 9.28. The zero-order valence-electron chi connectivity index (χ0n) is 15.7. The molecule has 2 amide bonds. The van der Waals surface area contributed by atoms with E-state index in [1.807, 2.05) is 19.0 Å². The summed E-state index contributed by atoms with van der Waals surface area (Å²) in [6, 6.07) is 11.3. The number of rotatable bonds is 6. The Labute approximate surface area is 165 Å². The van der Waals surface area contributed by atoms with E-state index < -0.39 is 30.0 Å². The molecule has 2 aromatic carbocycles. The van der Waals surface area contributed by atoms with Crippen molar-refractivity contribution in [2.24, 2.45) is 0 Å². The minimum atomic E-state index is -4.82. The number of halogens is 3. The van der Waals surface area contributed by atoms with Crippen molar-refractivity contribution in [2.75, 3.05) is 30.9 Å². The Balaban J connectivity index is 1.84. The Bertz CT molecular complexity index is 837. The van der Waals surface area contributed by atoms with Gasteiger partial charge >= 0.3 is 18.2 Å². The molecule has 0 aliphatic rings. The number of benzene rings is 2. The van der Waals surface area contributed by atoms with Gasteiger partial charge in [-0.25, -0.2) is 0 Å². The average Bonchev–Trinajstić information content (AvgIpc) is 2.66. The molecule has 0 aromatic heterocycles. The number of aliphatic hydroxyl groups is 1. The molecular weight excluding hydrogens is 391 g/mol. The standard InChI is InChI=1S/C19H20F3N3O4/c1-25(2)14-7-3-12(4-8-14)16(26)11-23-17(27)18(28)24-13-5-9-15(10-6-13)29-19(20,21)22/h3-10,16,26H,11H2,1-2H3,(H,23,27)(H,24,28)/t16-/m1/s1. The summed E-state index contributed by atoms with van der Waals surface area (Å²) in [5.74, 6) is -2.47. The van der Waals surface area contributed by atoms with Crippen LogP contribution in [0.4, 0.5) is 24.5 Å². The quantitative estimate of drug-likeness (QED) is 0.636. The fourth-order valence-corrected chi connectivity index (χ4v) is 2.31. The number of hydrogen-bond acceptors (Lipinski definition) is 5. The maximum Gasteiger partial charge on any atom is 0.573 e. The number of anilines is 2. The van der Waals surface area contributed by atoms with Gasteiger partial charge in [-0.1, -0.05) is 12.1 Å². The van der Waals surface area contributed by atoms with E-state index in [0.717, 1.165) is 30.0 Å². The number of nitrogens with zero attached hydrogens (tertiary/aromatic N) is 1. The third-order valence-corrected chi connectivity index (χ3v) is 3.80. The number of hydrogen-bond donors (Lipinski definition) is 3. The van der Waals surface area contributed by atoms with Crippen molar-refractivity contribution < 1.29 is 32.6 Å². The van der Waals surface area contributed by atoms with Gasteiger partial charge in [-0.3, -0.25) is 9.59 Å². The third-order valence-electron chi connectivity index (χ3n) is 3.80. The van der Waals surface area contributed by atoms with Crippen LogP contribution in [0.3, 0.4) is 0 Å². The first-order valence-corrected chi connectivity index (χ1v) is 8.45. The minimum absolute atomic E-state index is 0.111. The highest BCUT2D eigenvalue weighted by molar-refractivity contribution is 6.39. The molecular formula is C19H20F3N3O4. The van der Waals surface area contributed by atoms with Crippen molar-refractivity contribution in [1.29, 1.82) is 0 Å². The second-order valence-electron chi connectivity index (χ2n) is 6.24. The highest BCUT2D eigenvalue weighted by atomic mass is 19.4. The Hall–Kier alpha value is -3.27. The van der Waals surface area contributed by atoms with Crippen LogP contribution in [0.5, 0.6) is 5.75 Å². The fourth-order valence-electron chi connectivity index (χ4n) is 2.31. The van der Waals surface area contributed by atoms with E-state index in [2.05, 4.69) is 15.4 Å². The molecule has 1 atom stereocenters. The third kappa shape index (κ3) is 7.00. The lowest BCUT2D eigenvalue weighted by atomic mass is 10.1. The molecule has 0 spiro atoms. The number of carbonyl (C=O) groups is 2. The summed E-state index contributed by atoms with van der Waals surface area (Å²) in [7, 11) is 3.75. The molecule has 10 heteroatoms. The topological polar surface area (TPSA) is 90.9 Å². The van der Waals surface area contributed by atoms with E-state index in [-0.39, 0.29) is 12.2 Å². The van der Waals surface area contributed by atoms with E-state index in [1.54, 1.807) is 24.3 Å². The van der Waals surface area contributed by atoms with Crippen molar-refractivity contribution in [3.63, 3.8) is 0 Å². The molecule has 0 fully saturated rings. The van der Waals surface area contributed by atoms with Gasteiger partial charge < -0.3 is 25.4 Å². The zero-order valence-corrected chi connectivity index (χ0v) is 15.7. The summed E-state index contributed by atoms with van der Waals surface area (Å²) in [5.41, 5.74) is 1.62. The van der Waals surface area contributed by atoms with Crippen LogP contribution in [-0.4, -0.2) is 43.9 Å². The molecule has 0 bridgehead atoms. The van der Waals surface area contributed by atoms with Crippen LogP contribution >= 0.6 is 0 Å². The van der Waals surface area contributed by atoms with Crippen LogP contribution < -0.4 is 20.3 Å². The molecule has 0 unspecified atom stereocenters. The predicted octanol–water partition coefficient (Wildman–Crippen LogP) is 2.44. The molecule has 3 N–H and O–H groups in total. The van der Waals surface area contributed by atoms with Gasteiger partial charge in [0, 0.05) is 32.0 Å². The Kier molecular flexibility index (Phi) is 7.05. The first kappa shape index (κ1) is 22.0.